The molecule has 1 amide bonds. The Kier molecular flexibility index (Phi) is 4.57. The Morgan fingerprint density at radius 2 is 2.19 bits per heavy atom. The van der Waals surface area contributed by atoms with Crippen molar-refractivity contribution in [2.75, 3.05) is 13.2 Å². The average Bonchev–Trinajstić information content (AvgIpc) is 2.68. The fraction of sp³-hybridized carbons (Fsp3) is 0.455. The number of furan rings is 1. The normalized spacial score (nSPS) is 9.88. The van der Waals surface area contributed by atoms with E-state index < -0.39 is 0 Å². The first-order valence-electron chi connectivity index (χ1n) is 5.01. The minimum absolute atomic E-state index is 0.0800. The molecule has 0 N–H and O–H groups in total. The van der Waals surface area contributed by atoms with Crippen molar-refractivity contribution in [2.45, 2.75) is 20.4 Å². The molecule has 1 aromatic heterocycles. The van der Waals surface area contributed by atoms with Crippen LogP contribution in [0, 0.1) is 0 Å². The van der Waals surface area contributed by atoms with Gasteiger partial charge in [0, 0.05) is 13.8 Å². The van der Waals surface area contributed by atoms with Crippen molar-refractivity contribution in [3.63, 3.8) is 0 Å². The summed E-state index contributed by atoms with van der Waals surface area (Å²) in [6.45, 7) is 3.77. The minimum Gasteiger partial charge on any atom is -0.467 e. The zero-order valence-corrected chi connectivity index (χ0v) is 9.43. The van der Waals surface area contributed by atoms with Crippen LogP contribution in [-0.2, 0) is 20.9 Å². The second-order valence-corrected chi connectivity index (χ2v) is 3.36. The van der Waals surface area contributed by atoms with Crippen molar-refractivity contribution in [2.24, 2.45) is 0 Å². The van der Waals surface area contributed by atoms with Crippen molar-refractivity contribution in [3.05, 3.63) is 24.2 Å². The van der Waals surface area contributed by atoms with Gasteiger partial charge in [0.1, 0.15) is 12.4 Å². The molecule has 0 spiro atoms. The van der Waals surface area contributed by atoms with Crippen LogP contribution in [0.4, 0.5) is 0 Å². The van der Waals surface area contributed by atoms with Crippen LogP contribution in [-0.4, -0.2) is 29.9 Å². The molecule has 1 heterocycles. The standard InChI is InChI=1S/C11H15NO4/c1-9(13)12(5-7-15-10(2)14)8-11-4-3-6-16-11/h3-4,6H,5,7-8H2,1-2H3. The summed E-state index contributed by atoms with van der Waals surface area (Å²) in [4.78, 5) is 23.4. The maximum atomic E-state index is 11.3. The number of hydrogen-bond donors (Lipinski definition) is 0. The summed E-state index contributed by atoms with van der Waals surface area (Å²) in [5.74, 6) is 0.281. The summed E-state index contributed by atoms with van der Waals surface area (Å²) in [6, 6.07) is 3.56. The molecule has 5 nitrogen and oxygen atoms in total. The molecule has 1 aromatic rings. The molecular formula is C11H15NO4. The molecule has 0 aliphatic rings. The summed E-state index contributed by atoms with van der Waals surface area (Å²) < 4.78 is 9.92. The number of ether oxygens (including phenoxy) is 1. The third kappa shape index (κ3) is 4.16. The Morgan fingerprint density at radius 3 is 2.69 bits per heavy atom. The van der Waals surface area contributed by atoms with E-state index in [-0.39, 0.29) is 18.5 Å². The van der Waals surface area contributed by atoms with Gasteiger partial charge in [-0.05, 0) is 12.1 Å². The van der Waals surface area contributed by atoms with E-state index in [0.717, 1.165) is 0 Å². The molecule has 1 rings (SSSR count). The zero-order valence-electron chi connectivity index (χ0n) is 9.43. The largest absolute Gasteiger partial charge is 0.467 e. The van der Waals surface area contributed by atoms with Crippen LogP contribution in [0.25, 0.3) is 0 Å². The van der Waals surface area contributed by atoms with Crippen LogP contribution < -0.4 is 0 Å². The molecule has 0 aromatic carbocycles. The van der Waals surface area contributed by atoms with Gasteiger partial charge in [-0.15, -0.1) is 0 Å². The van der Waals surface area contributed by atoms with Crippen molar-refractivity contribution < 1.29 is 18.7 Å². The highest BCUT2D eigenvalue weighted by Gasteiger charge is 2.11. The van der Waals surface area contributed by atoms with Crippen LogP contribution in [0.5, 0.6) is 0 Å². The zero-order chi connectivity index (χ0) is 12.0. The summed E-state index contributed by atoms with van der Waals surface area (Å²) in [7, 11) is 0. The minimum atomic E-state index is -0.346. The molecule has 0 bridgehead atoms. The van der Waals surface area contributed by atoms with Crippen LogP contribution in [0.1, 0.15) is 19.6 Å². The van der Waals surface area contributed by atoms with Crippen molar-refractivity contribution in [1.82, 2.24) is 4.90 Å². The fourth-order valence-corrected chi connectivity index (χ4v) is 1.24. The van der Waals surface area contributed by atoms with Crippen molar-refractivity contribution in [1.29, 1.82) is 0 Å². The van der Waals surface area contributed by atoms with Gasteiger partial charge >= 0.3 is 5.97 Å². The molecular weight excluding hydrogens is 210 g/mol. The second kappa shape index (κ2) is 5.95. The van der Waals surface area contributed by atoms with Crippen LogP contribution in [0.3, 0.4) is 0 Å². The first kappa shape index (κ1) is 12.3. The van der Waals surface area contributed by atoms with Gasteiger partial charge in [-0.3, -0.25) is 9.59 Å². The lowest BCUT2D eigenvalue weighted by molar-refractivity contribution is -0.143. The Balaban J connectivity index is 2.42. The van der Waals surface area contributed by atoms with Crippen LogP contribution in [0.15, 0.2) is 22.8 Å². The highest BCUT2D eigenvalue weighted by atomic mass is 16.5. The van der Waals surface area contributed by atoms with E-state index >= 15 is 0 Å². The van der Waals surface area contributed by atoms with E-state index in [2.05, 4.69) is 0 Å². The van der Waals surface area contributed by atoms with Crippen LogP contribution in [0.2, 0.25) is 0 Å². The van der Waals surface area contributed by atoms with E-state index in [9.17, 15) is 9.59 Å². The summed E-state index contributed by atoms with van der Waals surface area (Å²) in [5, 5.41) is 0. The molecule has 0 aliphatic heterocycles. The van der Waals surface area contributed by atoms with Crippen molar-refractivity contribution >= 4 is 11.9 Å². The lowest BCUT2D eigenvalue weighted by atomic mass is 10.4. The molecule has 16 heavy (non-hydrogen) atoms. The Morgan fingerprint density at radius 1 is 1.44 bits per heavy atom. The first-order valence-corrected chi connectivity index (χ1v) is 5.01. The number of amides is 1. The van der Waals surface area contributed by atoms with E-state index in [1.807, 2.05) is 0 Å². The smallest absolute Gasteiger partial charge is 0.302 e. The number of esters is 1. The van der Waals surface area contributed by atoms with Gasteiger partial charge in [0.15, 0.2) is 0 Å². The monoisotopic (exact) mass is 225 g/mol. The van der Waals surface area contributed by atoms with Gasteiger partial charge in [0.2, 0.25) is 5.91 Å². The highest BCUT2D eigenvalue weighted by molar-refractivity contribution is 5.73. The van der Waals surface area contributed by atoms with E-state index in [4.69, 9.17) is 9.15 Å². The predicted octanol–water partition coefficient (Wildman–Crippen LogP) is 1.19. The van der Waals surface area contributed by atoms with E-state index in [1.54, 1.807) is 23.3 Å². The average molecular weight is 225 g/mol. The van der Waals surface area contributed by atoms with Gasteiger partial charge in [-0.2, -0.15) is 0 Å². The lowest BCUT2D eigenvalue weighted by Gasteiger charge is -2.19. The summed E-state index contributed by atoms with van der Waals surface area (Å²) in [6.07, 6.45) is 1.56. The molecule has 0 atom stereocenters. The molecule has 0 radical (unpaired) electrons. The van der Waals surface area contributed by atoms with Gasteiger partial charge in [-0.1, -0.05) is 0 Å². The first-order chi connectivity index (χ1) is 7.59. The third-order valence-electron chi connectivity index (χ3n) is 2.04. The van der Waals surface area contributed by atoms with Gasteiger partial charge in [0.25, 0.3) is 0 Å². The van der Waals surface area contributed by atoms with Crippen molar-refractivity contribution in [3.8, 4) is 0 Å². The molecule has 0 unspecified atom stereocenters. The molecule has 0 saturated heterocycles. The molecule has 0 aliphatic carbocycles. The maximum absolute atomic E-state index is 11.3. The number of rotatable bonds is 5. The SMILES string of the molecule is CC(=O)OCCN(Cc1ccco1)C(C)=O. The lowest BCUT2D eigenvalue weighted by Crippen LogP contribution is -2.31. The number of hydrogen-bond acceptors (Lipinski definition) is 4. The van der Waals surface area contributed by atoms with Gasteiger partial charge < -0.3 is 14.1 Å². The number of carbonyl (C=O) groups is 2. The quantitative estimate of drug-likeness (QED) is 0.706. The fourth-order valence-electron chi connectivity index (χ4n) is 1.24. The molecule has 0 saturated carbocycles. The Bertz CT molecular complexity index is 345. The molecule has 88 valence electrons. The summed E-state index contributed by atoms with van der Waals surface area (Å²) >= 11 is 0. The summed E-state index contributed by atoms with van der Waals surface area (Å²) in [5.41, 5.74) is 0. The topological polar surface area (TPSA) is 59.8 Å². The maximum Gasteiger partial charge on any atom is 0.302 e. The van der Waals surface area contributed by atoms with Crippen LogP contribution >= 0.6 is 0 Å². The number of nitrogens with zero attached hydrogens (tertiary/aromatic N) is 1. The molecule has 0 fully saturated rings. The second-order valence-electron chi connectivity index (χ2n) is 3.36. The third-order valence-corrected chi connectivity index (χ3v) is 2.04. The van der Waals surface area contributed by atoms with E-state index in [0.29, 0.717) is 18.8 Å². The Labute approximate surface area is 94.0 Å². The predicted molar refractivity (Wildman–Crippen MR) is 56.4 cm³/mol. The van der Waals surface area contributed by atoms with Gasteiger partial charge in [0.05, 0.1) is 19.4 Å². The highest BCUT2D eigenvalue weighted by Crippen LogP contribution is 2.05. The molecule has 5 heteroatoms. The van der Waals surface area contributed by atoms with Gasteiger partial charge in [-0.25, -0.2) is 0 Å². The number of carbonyl (C=O) groups excluding carboxylic acids is 2. The Hall–Kier alpha value is -1.78. The van der Waals surface area contributed by atoms with E-state index in [1.165, 1.54) is 13.8 Å².